The van der Waals surface area contributed by atoms with Gasteiger partial charge in [-0.25, -0.2) is 0 Å². The Morgan fingerprint density at radius 3 is 1.28 bits per heavy atom. The fourth-order valence-electron chi connectivity index (χ4n) is 6.09. The van der Waals surface area contributed by atoms with Crippen LogP contribution in [0.25, 0.3) is 0 Å². The van der Waals surface area contributed by atoms with Crippen molar-refractivity contribution in [3.8, 4) is 23.0 Å². The second-order valence-electron chi connectivity index (χ2n) is 13.5. The first-order chi connectivity index (χ1) is 23.0. The molecule has 252 valence electrons. The molecule has 0 saturated carbocycles. The smallest absolute Gasteiger partial charge is 0.130 e. The van der Waals surface area contributed by atoms with Crippen molar-refractivity contribution in [3.05, 3.63) is 108 Å². The van der Waals surface area contributed by atoms with E-state index in [4.69, 9.17) is 9.47 Å². The predicted molar refractivity (Wildman–Crippen MR) is 203 cm³/mol. The van der Waals surface area contributed by atoms with Crippen LogP contribution in [0.2, 0.25) is 0 Å². The molecule has 0 aliphatic rings. The molecule has 0 aliphatic carbocycles. The molecule has 4 rings (SSSR count). The lowest BCUT2D eigenvalue weighted by molar-refractivity contribution is 0.446. The molecule has 0 aromatic heterocycles. The Labute approximate surface area is 290 Å². The van der Waals surface area contributed by atoms with E-state index in [1.807, 2.05) is 0 Å². The maximum absolute atomic E-state index is 6.37. The molecule has 0 bridgehead atoms. The van der Waals surface area contributed by atoms with E-state index in [1.54, 1.807) is 11.8 Å². The van der Waals surface area contributed by atoms with Gasteiger partial charge in [-0.05, 0) is 109 Å². The molecule has 0 N–H and O–H groups in total. The first-order valence-electron chi connectivity index (χ1n) is 18.4. The lowest BCUT2D eigenvalue weighted by Crippen LogP contribution is -1.99. The summed E-state index contributed by atoms with van der Waals surface area (Å²) in [6.07, 6.45) is 17.9. The van der Waals surface area contributed by atoms with E-state index in [2.05, 4.69) is 125 Å². The average Bonchev–Trinajstić information content (AvgIpc) is 3.09. The topological polar surface area (TPSA) is 18.5 Å². The Morgan fingerprint density at radius 1 is 0.468 bits per heavy atom. The molecule has 4 aromatic rings. The van der Waals surface area contributed by atoms with E-state index in [1.165, 1.54) is 98.0 Å². The first kappa shape index (κ1) is 36.7. The van der Waals surface area contributed by atoms with Crippen LogP contribution in [0.1, 0.15) is 116 Å². The van der Waals surface area contributed by atoms with Gasteiger partial charge in [-0.1, -0.05) is 140 Å². The van der Waals surface area contributed by atoms with Crippen LogP contribution in [0.5, 0.6) is 23.0 Å². The minimum atomic E-state index is 0.747. The van der Waals surface area contributed by atoms with Crippen molar-refractivity contribution in [3.63, 3.8) is 0 Å². The number of benzene rings is 4. The minimum Gasteiger partial charge on any atom is -0.457 e. The molecule has 0 spiro atoms. The van der Waals surface area contributed by atoms with Crippen LogP contribution >= 0.6 is 11.8 Å². The summed E-state index contributed by atoms with van der Waals surface area (Å²) in [4.78, 5) is 2.37. The fraction of sp³-hybridized carbons (Fsp3) is 0.455. The van der Waals surface area contributed by atoms with E-state index >= 15 is 0 Å². The van der Waals surface area contributed by atoms with Crippen LogP contribution in [-0.2, 0) is 12.8 Å². The highest BCUT2D eigenvalue weighted by molar-refractivity contribution is 7.99. The monoisotopic (exact) mass is 650 g/mol. The van der Waals surface area contributed by atoms with Crippen LogP contribution in [0.4, 0.5) is 0 Å². The van der Waals surface area contributed by atoms with Crippen molar-refractivity contribution in [2.75, 3.05) is 0 Å². The number of rotatable bonds is 22. The molecule has 0 amide bonds. The van der Waals surface area contributed by atoms with Crippen molar-refractivity contribution in [1.29, 1.82) is 0 Å². The van der Waals surface area contributed by atoms with Gasteiger partial charge in [0.25, 0.3) is 0 Å². The molecular formula is C44H58O2S. The van der Waals surface area contributed by atoms with Gasteiger partial charge in [0.15, 0.2) is 0 Å². The lowest BCUT2D eigenvalue weighted by atomic mass is 9.95. The highest BCUT2D eigenvalue weighted by Crippen LogP contribution is 2.34. The summed E-state index contributed by atoms with van der Waals surface area (Å²) in [6.45, 7) is 9.34. The van der Waals surface area contributed by atoms with Gasteiger partial charge in [-0.2, -0.15) is 0 Å². The van der Waals surface area contributed by atoms with Gasteiger partial charge in [0, 0.05) is 9.79 Å². The quantitative estimate of drug-likeness (QED) is 0.0789. The normalized spacial score (nSPS) is 12.5. The molecule has 2 atom stereocenters. The molecule has 0 saturated heterocycles. The van der Waals surface area contributed by atoms with Crippen LogP contribution < -0.4 is 9.47 Å². The molecule has 0 heterocycles. The third kappa shape index (κ3) is 13.5. The zero-order valence-corrected chi connectivity index (χ0v) is 30.3. The Morgan fingerprint density at radius 2 is 0.872 bits per heavy atom. The summed E-state index contributed by atoms with van der Waals surface area (Å²) in [5.41, 5.74) is 2.59. The van der Waals surface area contributed by atoms with Crippen molar-refractivity contribution in [1.82, 2.24) is 0 Å². The summed E-state index contributed by atoms with van der Waals surface area (Å²) in [6, 6.07) is 33.9. The summed E-state index contributed by atoms with van der Waals surface area (Å²) >= 11 is 1.75. The summed E-state index contributed by atoms with van der Waals surface area (Å²) in [7, 11) is 0. The highest BCUT2D eigenvalue weighted by Gasteiger charge is 2.10. The average molecular weight is 651 g/mol. The number of aryl methyl sites for hydroxylation is 2. The molecule has 2 unspecified atom stereocenters. The molecule has 3 heteroatoms. The van der Waals surface area contributed by atoms with Crippen molar-refractivity contribution in [2.45, 2.75) is 127 Å². The van der Waals surface area contributed by atoms with Crippen molar-refractivity contribution < 1.29 is 9.47 Å². The molecule has 2 nitrogen and oxygen atoms in total. The molecule has 0 fully saturated rings. The predicted octanol–water partition coefficient (Wildman–Crippen LogP) is 14.5. The summed E-state index contributed by atoms with van der Waals surface area (Å²) < 4.78 is 12.7. The number of ether oxygens (including phenoxy) is 2. The number of para-hydroxylation sites is 2. The SMILES string of the molecule is CCCCCCC(C)CCc1ccccc1Oc1ccc(Sc2ccc(Oc3ccccc3CCC(C)CCCCCC)cc2)cc1. The zero-order chi connectivity index (χ0) is 33.1. The number of hydrogen-bond donors (Lipinski definition) is 0. The largest absolute Gasteiger partial charge is 0.457 e. The molecule has 0 radical (unpaired) electrons. The van der Waals surface area contributed by atoms with Crippen molar-refractivity contribution >= 4 is 11.8 Å². The van der Waals surface area contributed by atoms with Crippen molar-refractivity contribution in [2.24, 2.45) is 11.8 Å². The van der Waals surface area contributed by atoms with Gasteiger partial charge in [-0.15, -0.1) is 0 Å². The van der Waals surface area contributed by atoms with Gasteiger partial charge in [-0.3, -0.25) is 0 Å². The highest BCUT2D eigenvalue weighted by atomic mass is 32.2. The molecule has 4 aromatic carbocycles. The van der Waals surface area contributed by atoms with Crippen LogP contribution in [0.3, 0.4) is 0 Å². The standard InChI is InChI=1S/C44H58O2S/c1-5-7-9-11-17-35(3)23-25-37-19-13-15-21-43(37)45-39-27-31-41(32-28-39)47-42-33-29-40(30-34-42)46-44-22-16-14-20-38(44)26-24-36(4)18-12-10-8-6-2/h13-16,19-22,27-36H,5-12,17-18,23-26H2,1-4H3. The van der Waals surface area contributed by atoms with Crippen LogP contribution in [0.15, 0.2) is 107 Å². The summed E-state index contributed by atoms with van der Waals surface area (Å²) in [5, 5.41) is 0. The number of hydrogen-bond acceptors (Lipinski definition) is 3. The maximum atomic E-state index is 6.37. The maximum Gasteiger partial charge on any atom is 0.130 e. The second kappa shape index (κ2) is 20.9. The first-order valence-corrected chi connectivity index (χ1v) is 19.2. The van der Waals surface area contributed by atoms with Crippen LogP contribution in [0, 0.1) is 11.8 Å². The molecule has 0 aliphatic heterocycles. The van der Waals surface area contributed by atoms with Gasteiger partial charge in [0.05, 0.1) is 0 Å². The second-order valence-corrected chi connectivity index (χ2v) is 14.6. The van der Waals surface area contributed by atoms with E-state index in [0.29, 0.717) is 0 Å². The minimum absolute atomic E-state index is 0.747. The Hall–Kier alpha value is -3.17. The molecule has 47 heavy (non-hydrogen) atoms. The third-order valence-corrected chi connectivity index (χ3v) is 10.2. The van der Waals surface area contributed by atoms with Gasteiger partial charge >= 0.3 is 0 Å². The van der Waals surface area contributed by atoms with E-state index in [0.717, 1.165) is 47.7 Å². The third-order valence-electron chi connectivity index (χ3n) is 9.20. The van der Waals surface area contributed by atoms with Gasteiger partial charge < -0.3 is 9.47 Å². The Balaban J connectivity index is 1.26. The lowest BCUT2D eigenvalue weighted by Gasteiger charge is -2.15. The zero-order valence-electron chi connectivity index (χ0n) is 29.5. The fourth-order valence-corrected chi connectivity index (χ4v) is 6.91. The van der Waals surface area contributed by atoms with Gasteiger partial charge in [0.1, 0.15) is 23.0 Å². The Kier molecular flexibility index (Phi) is 16.3. The van der Waals surface area contributed by atoms with Crippen LogP contribution in [-0.4, -0.2) is 0 Å². The number of unbranched alkanes of at least 4 members (excludes halogenated alkanes) is 6. The van der Waals surface area contributed by atoms with Gasteiger partial charge in [0.2, 0.25) is 0 Å². The molecular weight excluding hydrogens is 593 g/mol. The van der Waals surface area contributed by atoms with E-state index < -0.39 is 0 Å². The van der Waals surface area contributed by atoms with E-state index in [9.17, 15) is 0 Å². The summed E-state index contributed by atoms with van der Waals surface area (Å²) in [5.74, 6) is 5.19. The van der Waals surface area contributed by atoms with E-state index in [-0.39, 0.29) is 0 Å². The Bertz CT molecular complexity index is 1300.